The number of likely N-dealkylation sites (tertiary alicyclic amines) is 1. The van der Waals surface area contributed by atoms with E-state index in [1.54, 1.807) is 11.9 Å². The van der Waals surface area contributed by atoms with Crippen molar-refractivity contribution in [2.45, 2.75) is 25.4 Å². The van der Waals surface area contributed by atoms with Crippen molar-refractivity contribution in [2.24, 2.45) is 5.92 Å². The van der Waals surface area contributed by atoms with E-state index in [1.165, 1.54) is 0 Å². The van der Waals surface area contributed by atoms with E-state index in [4.69, 9.17) is 0 Å². The zero-order valence-electron chi connectivity index (χ0n) is 14.0. The lowest BCUT2D eigenvalue weighted by Gasteiger charge is -2.26. The third-order valence-corrected chi connectivity index (χ3v) is 4.72. The molecular weight excluding hydrogens is 300 g/mol. The summed E-state index contributed by atoms with van der Waals surface area (Å²) in [5, 5.41) is 3.06. The lowest BCUT2D eigenvalue weighted by molar-refractivity contribution is -0.128. The third-order valence-electron chi connectivity index (χ3n) is 4.72. The van der Waals surface area contributed by atoms with E-state index in [1.807, 2.05) is 67.6 Å². The maximum Gasteiger partial charge on any atom is 0.226 e. The molecule has 1 heterocycles. The summed E-state index contributed by atoms with van der Waals surface area (Å²) in [6.07, 6.45) is 0.253. The fourth-order valence-electron chi connectivity index (χ4n) is 3.36. The molecule has 0 spiro atoms. The summed E-state index contributed by atoms with van der Waals surface area (Å²) in [5.41, 5.74) is 2.05. The average Bonchev–Trinajstić information content (AvgIpc) is 2.91. The van der Waals surface area contributed by atoms with Gasteiger partial charge in [0.25, 0.3) is 0 Å². The number of hydrogen-bond acceptors (Lipinski definition) is 2. The molecule has 0 aliphatic carbocycles. The molecule has 3 atom stereocenters. The Hall–Kier alpha value is -2.62. The number of nitrogens with zero attached hydrogens (tertiary/aromatic N) is 1. The van der Waals surface area contributed by atoms with Gasteiger partial charge in [0.15, 0.2) is 0 Å². The fraction of sp³-hybridized carbons (Fsp3) is 0.300. The van der Waals surface area contributed by atoms with Gasteiger partial charge in [-0.15, -0.1) is 0 Å². The normalized spacial score (nSPS) is 21.6. The number of rotatable bonds is 4. The van der Waals surface area contributed by atoms with Gasteiger partial charge in [0.1, 0.15) is 0 Å². The smallest absolute Gasteiger partial charge is 0.226 e. The molecule has 2 amide bonds. The highest BCUT2D eigenvalue weighted by molar-refractivity contribution is 5.90. The minimum Gasteiger partial charge on any atom is -0.349 e. The third kappa shape index (κ3) is 3.18. The van der Waals surface area contributed by atoms with Crippen LogP contribution >= 0.6 is 0 Å². The molecule has 4 nitrogen and oxygen atoms in total. The SMILES string of the molecule is C[C@@H](NC(=O)[C@H]1CC(=O)N(C)[C@@H]1c1ccccc1)c1ccccc1. The van der Waals surface area contributed by atoms with Crippen molar-refractivity contribution < 1.29 is 9.59 Å². The minimum absolute atomic E-state index is 0.0105. The van der Waals surface area contributed by atoms with Crippen molar-refractivity contribution in [2.75, 3.05) is 7.05 Å². The van der Waals surface area contributed by atoms with Crippen molar-refractivity contribution >= 4 is 11.8 Å². The van der Waals surface area contributed by atoms with Gasteiger partial charge < -0.3 is 10.2 Å². The monoisotopic (exact) mass is 322 g/mol. The van der Waals surface area contributed by atoms with Crippen LogP contribution in [0.4, 0.5) is 0 Å². The molecule has 24 heavy (non-hydrogen) atoms. The summed E-state index contributed by atoms with van der Waals surface area (Å²) in [7, 11) is 1.77. The Bertz CT molecular complexity index is 715. The van der Waals surface area contributed by atoms with Crippen LogP contribution in [0.2, 0.25) is 0 Å². The van der Waals surface area contributed by atoms with Gasteiger partial charge >= 0.3 is 0 Å². The number of amides is 2. The Kier molecular flexibility index (Phi) is 4.65. The maximum atomic E-state index is 12.8. The molecule has 2 aromatic carbocycles. The molecule has 0 saturated carbocycles. The lowest BCUT2D eigenvalue weighted by Crippen LogP contribution is -2.35. The summed E-state index contributed by atoms with van der Waals surface area (Å²) in [6, 6.07) is 19.3. The molecule has 0 aromatic heterocycles. The van der Waals surface area contributed by atoms with Gasteiger partial charge in [-0.1, -0.05) is 60.7 Å². The zero-order chi connectivity index (χ0) is 17.1. The van der Waals surface area contributed by atoms with Crippen LogP contribution in [0.25, 0.3) is 0 Å². The first-order valence-corrected chi connectivity index (χ1v) is 8.24. The first-order chi connectivity index (χ1) is 11.6. The Morgan fingerprint density at radius 3 is 2.29 bits per heavy atom. The molecule has 4 heteroatoms. The van der Waals surface area contributed by atoms with Crippen LogP contribution in [0.1, 0.15) is 36.6 Å². The summed E-state index contributed by atoms with van der Waals surface area (Å²) in [5.74, 6) is -0.426. The van der Waals surface area contributed by atoms with Gasteiger partial charge in [-0.05, 0) is 18.1 Å². The molecule has 1 N–H and O–H groups in total. The van der Waals surface area contributed by atoms with Crippen molar-refractivity contribution in [3.05, 3.63) is 71.8 Å². The van der Waals surface area contributed by atoms with E-state index in [2.05, 4.69) is 5.32 Å². The number of carbonyl (C=O) groups excluding carboxylic acids is 2. The van der Waals surface area contributed by atoms with Crippen molar-refractivity contribution in [1.29, 1.82) is 0 Å². The first-order valence-electron chi connectivity index (χ1n) is 8.24. The van der Waals surface area contributed by atoms with Gasteiger partial charge in [0, 0.05) is 13.5 Å². The van der Waals surface area contributed by atoms with Gasteiger partial charge in [-0.25, -0.2) is 0 Å². The van der Waals surface area contributed by atoms with Gasteiger partial charge in [-0.3, -0.25) is 9.59 Å². The molecule has 1 aliphatic heterocycles. The molecule has 0 radical (unpaired) electrons. The summed E-state index contributed by atoms with van der Waals surface area (Å²) < 4.78 is 0. The molecule has 1 saturated heterocycles. The molecule has 1 aliphatic rings. The van der Waals surface area contributed by atoms with E-state index in [0.29, 0.717) is 0 Å². The standard InChI is InChI=1S/C20H22N2O2/c1-14(15-9-5-3-6-10-15)21-20(24)17-13-18(23)22(2)19(17)16-11-7-4-8-12-16/h3-12,14,17,19H,13H2,1-2H3,(H,21,24)/t14-,17+,19-/m1/s1. The number of nitrogens with one attached hydrogen (secondary N) is 1. The molecule has 124 valence electrons. The first kappa shape index (κ1) is 16.2. The highest BCUT2D eigenvalue weighted by Crippen LogP contribution is 2.37. The Morgan fingerprint density at radius 2 is 1.67 bits per heavy atom. The van der Waals surface area contributed by atoms with E-state index < -0.39 is 0 Å². The highest BCUT2D eigenvalue weighted by atomic mass is 16.2. The van der Waals surface area contributed by atoms with Crippen LogP contribution in [0.5, 0.6) is 0 Å². The van der Waals surface area contributed by atoms with E-state index >= 15 is 0 Å². The summed E-state index contributed by atoms with van der Waals surface area (Å²) in [4.78, 5) is 26.7. The second-order valence-electron chi connectivity index (χ2n) is 6.31. The second kappa shape index (κ2) is 6.87. The Morgan fingerprint density at radius 1 is 1.08 bits per heavy atom. The topological polar surface area (TPSA) is 49.4 Å². The molecule has 0 unspecified atom stereocenters. The van der Waals surface area contributed by atoms with E-state index in [9.17, 15) is 9.59 Å². The van der Waals surface area contributed by atoms with E-state index in [-0.39, 0.29) is 36.2 Å². The van der Waals surface area contributed by atoms with Crippen LogP contribution in [0.15, 0.2) is 60.7 Å². The molecular formula is C20H22N2O2. The van der Waals surface area contributed by atoms with Crippen LogP contribution in [-0.2, 0) is 9.59 Å². The highest BCUT2D eigenvalue weighted by Gasteiger charge is 2.42. The predicted octanol–water partition coefficient (Wildman–Crippen LogP) is 3.08. The largest absolute Gasteiger partial charge is 0.349 e. The molecule has 0 bridgehead atoms. The van der Waals surface area contributed by atoms with Gasteiger partial charge in [-0.2, -0.15) is 0 Å². The average molecular weight is 322 g/mol. The number of hydrogen-bond donors (Lipinski definition) is 1. The van der Waals surface area contributed by atoms with Crippen molar-refractivity contribution in [3.8, 4) is 0 Å². The summed E-state index contributed by atoms with van der Waals surface area (Å²) in [6.45, 7) is 1.96. The van der Waals surface area contributed by atoms with Crippen LogP contribution < -0.4 is 5.32 Å². The van der Waals surface area contributed by atoms with E-state index in [0.717, 1.165) is 11.1 Å². The predicted molar refractivity (Wildman–Crippen MR) is 93.1 cm³/mol. The second-order valence-corrected chi connectivity index (χ2v) is 6.31. The Labute approximate surface area is 142 Å². The van der Waals surface area contributed by atoms with Crippen molar-refractivity contribution in [3.63, 3.8) is 0 Å². The van der Waals surface area contributed by atoms with Crippen LogP contribution in [-0.4, -0.2) is 23.8 Å². The minimum atomic E-state index is -0.365. The number of benzene rings is 2. The Balaban J connectivity index is 1.79. The molecule has 2 aromatic rings. The fourth-order valence-corrected chi connectivity index (χ4v) is 3.36. The lowest BCUT2D eigenvalue weighted by atomic mass is 9.92. The van der Waals surface area contributed by atoms with Crippen LogP contribution in [0, 0.1) is 5.92 Å². The van der Waals surface area contributed by atoms with Crippen molar-refractivity contribution in [1.82, 2.24) is 10.2 Å². The molecule has 3 rings (SSSR count). The maximum absolute atomic E-state index is 12.8. The molecule has 1 fully saturated rings. The quantitative estimate of drug-likeness (QED) is 0.940. The van der Waals surface area contributed by atoms with Crippen LogP contribution in [0.3, 0.4) is 0 Å². The van der Waals surface area contributed by atoms with Gasteiger partial charge in [0.2, 0.25) is 11.8 Å². The zero-order valence-corrected chi connectivity index (χ0v) is 14.0. The number of carbonyl (C=O) groups is 2. The van der Waals surface area contributed by atoms with Gasteiger partial charge in [0.05, 0.1) is 18.0 Å². The summed E-state index contributed by atoms with van der Waals surface area (Å²) >= 11 is 0.